The van der Waals surface area contributed by atoms with E-state index in [9.17, 15) is 10.1 Å². The number of rotatable bonds is 4. The van der Waals surface area contributed by atoms with Crippen LogP contribution in [0.2, 0.25) is 0 Å². The van der Waals surface area contributed by atoms with Gasteiger partial charge in [0.05, 0.1) is 6.20 Å². The predicted octanol–water partition coefficient (Wildman–Crippen LogP) is 1.45. The van der Waals surface area contributed by atoms with Gasteiger partial charge in [-0.05, 0) is 42.8 Å². The zero-order chi connectivity index (χ0) is 14.8. The molecule has 1 N–H and O–H groups in total. The lowest BCUT2D eigenvalue weighted by atomic mass is 9.98. The molecule has 0 saturated carbocycles. The highest BCUT2D eigenvalue weighted by atomic mass is 16.6. The molecule has 0 bridgehead atoms. The predicted molar refractivity (Wildman–Crippen MR) is 76.9 cm³/mol. The number of aliphatic hydroxyl groups excluding tert-OH is 1. The number of likely N-dealkylation sites (tertiary alicyclic amines) is 1. The van der Waals surface area contributed by atoms with Crippen LogP contribution >= 0.6 is 0 Å². The first-order valence-electron chi connectivity index (χ1n) is 7.12. The largest absolute Gasteiger partial charge is 0.396 e. The van der Waals surface area contributed by atoms with Gasteiger partial charge in [-0.1, -0.05) is 6.07 Å². The van der Waals surface area contributed by atoms with E-state index < -0.39 is 0 Å². The fourth-order valence-electron chi connectivity index (χ4n) is 2.87. The molecule has 0 aromatic carbocycles. The van der Waals surface area contributed by atoms with Gasteiger partial charge in [0.15, 0.2) is 5.69 Å². The van der Waals surface area contributed by atoms with Crippen LogP contribution in [0.1, 0.15) is 18.5 Å². The second-order valence-electron chi connectivity index (χ2n) is 5.47. The summed E-state index contributed by atoms with van der Waals surface area (Å²) in [6.07, 6.45) is 3.53. The molecule has 3 heterocycles. The molecular formula is C14H18N4O3. The summed E-state index contributed by atoms with van der Waals surface area (Å²) in [6.45, 7) is 2.39. The van der Waals surface area contributed by atoms with Crippen molar-refractivity contribution >= 4 is 11.5 Å². The van der Waals surface area contributed by atoms with Crippen molar-refractivity contribution in [2.24, 2.45) is 5.92 Å². The summed E-state index contributed by atoms with van der Waals surface area (Å²) in [4.78, 5) is 17.5. The van der Waals surface area contributed by atoms with E-state index in [-0.39, 0.29) is 17.3 Å². The van der Waals surface area contributed by atoms with Crippen LogP contribution in [0.4, 0.5) is 5.82 Å². The minimum Gasteiger partial charge on any atom is -0.396 e. The van der Waals surface area contributed by atoms with Crippen molar-refractivity contribution in [3.8, 4) is 0 Å². The number of aliphatic hydroxyl groups is 1. The monoisotopic (exact) mass is 290 g/mol. The van der Waals surface area contributed by atoms with Gasteiger partial charge in [0.25, 0.3) is 0 Å². The Morgan fingerprint density at radius 2 is 2.14 bits per heavy atom. The SMILES string of the molecule is O=[N+]([O-])c1c(CN2CCC(CO)CC2)nc2ccccn12. The summed E-state index contributed by atoms with van der Waals surface area (Å²) in [7, 11) is 0. The van der Waals surface area contributed by atoms with Crippen LogP contribution < -0.4 is 0 Å². The Morgan fingerprint density at radius 1 is 1.38 bits per heavy atom. The first kappa shape index (κ1) is 14.0. The maximum Gasteiger partial charge on any atom is 0.352 e. The number of imidazole rings is 1. The van der Waals surface area contributed by atoms with Crippen LogP contribution in [0.15, 0.2) is 24.4 Å². The number of nitrogens with zero attached hydrogens (tertiary/aromatic N) is 4. The average molecular weight is 290 g/mol. The molecular weight excluding hydrogens is 272 g/mol. The van der Waals surface area contributed by atoms with E-state index in [4.69, 9.17) is 5.11 Å². The smallest absolute Gasteiger partial charge is 0.352 e. The third-order valence-corrected chi connectivity index (χ3v) is 4.09. The van der Waals surface area contributed by atoms with Crippen molar-refractivity contribution in [2.75, 3.05) is 19.7 Å². The lowest BCUT2D eigenvalue weighted by Gasteiger charge is -2.30. The molecule has 1 fully saturated rings. The molecule has 0 amide bonds. The maximum absolute atomic E-state index is 11.3. The minimum absolute atomic E-state index is 0.0508. The Bertz CT molecular complexity index is 647. The Morgan fingerprint density at radius 3 is 2.81 bits per heavy atom. The number of hydrogen-bond donors (Lipinski definition) is 1. The number of piperidine rings is 1. The van der Waals surface area contributed by atoms with E-state index in [1.54, 1.807) is 18.3 Å². The zero-order valence-corrected chi connectivity index (χ0v) is 11.7. The Kier molecular flexibility index (Phi) is 3.85. The van der Waals surface area contributed by atoms with E-state index in [1.165, 1.54) is 4.40 Å². The average Bonchev–Trinajstić information content (AvgIpc) is 2.86. The van der Waals surface area contributed by atoms with Crippen molar-refractivity contribution in [3.63, 3.8) is 0 Å². The molecule has 1 aliphatic rings. The van der Waals surface area contributed by atoms with Crippen LogP contribution in [-0.4, -0.2) is 44.0 Å². The highest BCUT2D eigenvalue weighted by Gasteiger charge is 2.26. The fraction of sp³-hybridized carbons (Fsp3) is 0.500. The molecule has 7 nitrogen and oxygen atoms in total. The number of nitro groups is 1. The molecule has 0 unspecified atom stereocenters. The van der Waals surface area contributed by atoms with Gasteiger partial charge in [-0.15, -0.1) is 0 Å². The Hall–Kier alpha value is -1.99. The van der Waals surface area contributed by atoms with Crippen LogP contribution in [-0.2, 0) is 6.54 Å². The number of fused-ring (bicyclic) bond motifs is 1. The van der Waals surface area contributed by atoms with Crippen LogP contribution in [0.25, 0.3) is 5.65 Å². The first-order valence-corrected chi connectivity index (χ1v) is 7.12. The van der Waals surface area contributed by atoms with Crippen molar-refractivity contribution in [1.82, 2.24) is 14.3 Å². The second-order valence-corrected chi connectivity index (χ2v) is 5.47. The molecule has 2 aromatic heterocycles. The van der Waals surface area contributed by atoms with Gasteiger partial charge in [-0.3, -0.25) is 4.90 Å². The second kappa shape index (κ2) is 5.79. The van der Waals surface area contributed by atoms with Gasteiger partial charge in [0, 0.05) is 19.2 Å². The van der Waals surface area contributed by atoms with Gasteiger partial charge < -0.3 is 15.2 Å². The van der Waals surface area contributed by atoms with Crippen LogP contribution in [0.3, 0.4) is 0 Å². The molecule has 7 heteroatoms. The van der Waals surface area contributed by atoms with E-state index in [0.29, 0.717) is 23.8 Å². The highest BCUT2D eigenvalue weighted by molar-refractivity contribution is 5.48. The van der Waals surface area contributed by atoms with E-state index in [2.05, 4.69) is 9.88 Å². The molecule has 1 saturated heterocycles. The molecule has 21 heavy (non-hydrogen) atoms. The van der Waals surface area contributed by atoms with Crippen LogP contribution in [0, 0.1) is 16.0 Å². The summed E-state index contributed by atoms with van der Waals surface area (Å²) >= 11 is 0. The maximum atomic E-state index is 11.3. The summed E-state index contributed by atoms with van der Waals surface area (Å²) in [5, 5.41) is 20.5. The zero-order valence-electron chi connectivity index (χ0n) is 11.7. The van der Waals surface area contributed by atoms with Crippen molar-refractivity contribution in [1.29, 1.82) is 0 Å². The topological polar surface area (TPSA) is 83.9 Å². The third kappa shape index (κ3) is 2.74. The summed E-state index contributed by atoms with van der Waals surface area (Å²) in [5.41, 5.74) is 1.11. The van der Waals surface area contributed by atoms with Crippen molar-refractivity contribution in [3.05, 3.63) is 40.2 Å². The molecule has 3 rings (SSSR count). The Balaban J connectivity index is 1.84. The molecule has 2 aromatic rings. The Labute approximate surface area is 122 Å². The standard InChI is InChI=1S/C14H18N4O3/c19-10-11-4-7-16(8-5-11)9-12-14(18(20)21)17-6-2-1-3-13(17)15-12/h1-3,6,11,19H,4-5,7-10H2. The number of aromatic nitrogens is 2. The van der Waals surface area contributed by atoms with Gasteiger partial charge in [-0.25, -0.2) is 4.98 Å². The van der Waals surface area contributed by atoms with Gasteiger partial charge in [0.2, 0.25) is 5.65 Å². The molecule has 0 radical (unpaired) electrons. The quantitative estimate of drug-likeness (QED) is 0.680. The number of pyridine rings is 1. The summed E-state index contributed by atoms with van der Waals surface area (Å²) < 4.78 is 1.52. The van der Waals surface area contributed by atoms with Gasteiger partial charge >= 0.3 is 5.82 Å². The molecule has 0 aliphatic carbocycles. The molecule has 112 valence electrons. The van der Waals surface area contributed by atoms with Gasteiger partial charge in [-0.2, -0.15) is 4.40 Å². The van der Waals surface area contributed by atoms with Crippen molar-refractivity contribution in [2.45, 2.75) is 19.4 Å². The normalized spacial score (nSPS) is 17.4. The summed E-state index contributed by atoms with van der Waals surface area (Å²) in [5.74, 6) is 0.409. The van der Waals surface area contributed by atoms with Gasteiger partial charge in [0.1, 0.15) is 0 Å². The fourth-order valence-corrected chi connectivity index (χ4v) is 2.87. The molecule has 0 atom stereocenters. The first-order chi connectivity index (χ1) is 10.2. The van der Waals surface area contributed by atoms with E-state index in [1.807, 2.05) is 6.07 Å². The minimum atomic E-state index is -0.365. The van der Waals surface area contributed by atoms with E-state index in [0.717, 1.165) is 25.9 Å². The molecule has 0 spiro atoms. The van der Waals surface area contributed by atoms with E-state index >= 15 is 0 Å². The summed E-state index contributed by atoms with van der Waals surface area (Å²) in [6, 6.07) is 5.36. The lowest BCUT2D eigenvalue weighted by molar-refractivity contribution is -0.391. The lowest BCUT2D eigenvalue weighted by Crippen LogP contribution is -2.34. The van der Waals surface area contributed by atoms with Crippen LogP contribution in [0.5, 0.6) is 0 Å². The van der Waals surface area contributed by atoms with Crippen molar-refractivity contribution < 1.29 is 10.0 Å². The number of hydrogen-bond acceptors (Lipinski definition) is 5. The highest BCUT2D eigenvalue weighted by Crippen LogP contribution is 2.24. The molecule has 1 aliphatic heterocycles. The third-order valence-electron chi connectivity index (χ3n) is 4.09.